The number of nitrogens with two attached hydrogens (primary N) is 1. The number of nitrogens with one attached hydrogen (secondary N) is 2. The molecule has 2 amide bonds. The molecule has 0 radical (unpaired) electrons. The van der Waals surface area contributed by atoms with Gasteiger partial charge in [0.15, 0.2) is 17.7 Å². The molecule has 1 saturated heterocycles. The third-order valence-corrected chi connectivity index (χ3v) is 7.63. The maximum absolute atomic E-state index is 12.5. The van der Waals surface area contributed by atoms with Gasteiger partial charge in [-0.1, -0.05) is 63.2 Å². The second-order valence-electron chi connectivity index (χ2n) is 11.9. The molecule has 0 aliphatic carbocycles. The van der Waals surface area contributed by atoms with Crippen LogP contribution < -0.4 is 16.4 Å². The molecule has 12 heteroatoms. The van der Waals surface area contributed by atoms with Crippen molar-refractivity contribution in [1.82, 2.24) is 29.7 Å². The minimum Gasteiger partial charge on any atom is -0.387 e. The molecule has 1 unspecified atom stereocenters. The van der Waals surface area contributed by atoms with Crippen LogP contribution in [-0.4, -0.2) is 78.6 Å². The maximum atomic E-state index is 12.5. The Morgan fingerprint density at radius 3 is 2.51 bits per heavy atom. The zero-order valence-electron chi connectivity index (χ0n) is 24.7. The number of aliphatic hydroxyl groups is 2. The molecule has 12 nitrogen and oxygen atoms in total. The molecule has 2 aromatic carbocycles. The second-order valence-corrected chi connectivity index (χ2v) is 11.9. The van der Waals surface area contributed by atoms with Crippen LogP contribution in [0.5, 0.6) is 0 Å². The average Bonchev–Trinajstić information content (AvgIpc) is 3.53. The van der Waals surface area contributed by atoms with Gasteiger partial charge in [0.1, 0.15) is 30.2 Å². The van der Waals surface area contributed by atoms with Crippen LogP contribution in [0.1, 0.15) is 44.5 Å². The Labute approximate surface area is 250 Å². The maximum Gasteiger partial charge on any atom is 0.319 e. The summed E-state index contributed by atoms with van der Waals surface area (Å²) in [6.07, 6.45) is -0.415. The van der Waals surface area contributed by atoms with E-state index in [-0.39, 0.29) is 17.3 Å². The topological polar surface area (TPSA) is 164 Å². The molecule has 43 heavy (non-hydrogen) atoms. The summed E-state index contributed by atoms with van der Waals surface area (Å²) in [4.78, 5) is 27.1. The summed E-state index contributed by atoms with van der Waals surface area (Å²) in [5, 5.41) is 27.7. The molecule has 228 valence electrons. The van der Waals surface area contributed by atoms with E-state index in [1.807, 2.05) is 54.6 Å². The van der Waals surface area contributed by atoms with E-state index in [1.54, 1.807) is 4.57 Å². The molecule has 4 atom stereocenters. The zero-order valence-corrected chi connectivity index (χ0v) is 24.7. The standard InChI is InChI=1S/C31H40N8O4/c1-31(2,3)21-10-12-22(13-11-21)37-30(42)33-14-7-15-38(16-20-8-5-4-6-9-20)17-23-25(40)26(41)29(43-23)39-19-36-24-27(32)34-18-35-28(24)39/h4-6,8-13,18-19,23,25-26,29,40-41H,7,14-17H2,1-3H3,(H2,32,34,35)(H2,33,37,42)/t23-,25-,26?,29-/m1/s1. The van der Waals surface area contributed by atoms with Gasteiger partial charge in [0.25, 0.3) is 0 Å². The fourth-order valence-electron chi connectivity index (χ4n) is 5.23. The largest absolute Gasteiger partial charge is 0.387 e. The van der Waals surface area contributed by atoms with Crippen molar-refractivity contribution in [2.75, 3.05) is 30.7 Å². The fourth-order valence-corrected chi connectivity index (χ4v) is 5.23. The van der Waals surface area contributed by atoms with E-state index >= 15 is 0 Å². The SMILES string of the molecule is CC(C)(C)c1ccc(NC(=O)NCCCN(Cc2ccccc2)C[C@H]2O[C@@H](n3cnc4c(N)ncnc43)C(O)[C@@H]2O)cc1. The third-order valence-electron chi connectivity index (χ3n) is 7.63. The van der Waals surface area contributed by atoms with E-state index in [0.717, 1.165) is 11.3 Å². The number of urea groups is 1. The number of nitrogens with zero attached hydrogens (tertiary/aromatic N) is 5. The first-order chi connectivity index (χ1) is 20.6. The van der Waals surface area contributed by atoms with Crippen molar-refractivity contribution in [3.05, 3.63) is 78.4 Å². The number of hydrogen-bond acceptors (Lipinski definition) is 9. The number of carbonyl (C=O) groups excluding carboxylic acids is 1. The highest BCUT2D eigenvalue weighted by atomic mass is 16.6. The summed E-state index contributed by atoms with van der Waals surface area (Å²) in [5.74, 6) is 0.225. The average molecular weight is 589 g/mol. The first-order valence-electron chi connectivity index (χ1n) is 14.5. The monoisotopic (exact) mass is 588 g/mol. The molecule has 4 aromatic rings. The number of fused-ring (bicyclic) bond motifs is 1. The van der Waals surface area contributed by atoms with Gasteiger partial charge in [-0.15, -0.1) is 0 Å². The molecule has 1 fully saturated rings. The summed E-state index contributed by atoms with van der Waals surface area (Å²) >= 11 is 0. The summed E-state index contributed by atoms with van der Waals surface area (Å²) < 4.78 is 7.76. The van der Waals surface area contributed by atoms with Gasteiger partial charge in [0.05, 0.1) is 6.33 Å². The minimum atomic E-state index is -1.19. The van der Waals surface area contributed by atoms with Crippen LogP contribution >= 0.6 is 0 Å². The highest BCUT2D eigenvalue weighted by Gasteiger charge is 2.44. The number of aromatic nitrogens is 4. The predicted molar refractivity (Wildman–Crippen MR) is 164 cm³/mol. The fraction of sp³-hybridized carbons (Fsp3) is 0.419. The van der Waals surface area contributed by atoms with Crippen molar-refractivity contribution >= 4 is 28.7 Å². The molecule has 2 aromatic heterocycles. The van der Waals surface area contributed by atoms with Gasteiger partial charge in [0, 0.05) is 31.9 Å². The van der Waals surface area contributed by atoms with Gasteiger partial charge in [-0.2, -0.15) is 0 Å². The molecule has 5 rings (SSSR count). The lowest BCUT2D eigenvalue weighted by molar-refractivity contribution is -0.0449. The van der Waals surface area contributed by atoms with E-state index < -0.39 is 24.5 Å². The van der Waals surface area contributed by atoms with Gasteiger partial charge in [-0.05, 0) is 35.1 Å². The lowest BCUT2D eigenvalue weighted by Crippen LogP contribution is -2.41. The van der Waals surface area contributed by atoms with Crippen LogP contribution in [0.2, 0.25) is 0 Å². The number of nitrogen functional groups attached to an aromatic ring is 1. The quantitative estimate of drug-likeness (QED) is 0.175. The van der Waals surface area contributed by atoms with Crippen molar-refractivity contribution < 1.29 is 19.7 Å². The number of rotatable bonds is 10. The summed E-state index contributed by atoms with van der Waals surface area (Å²) in [6.45, 7) is 8.50. The smallest absolute Gasteiger partial charge is 0.319 e. The van der Waals surface area contributed by atoms with Gasteiger partial charge in [-0.25, -0.2) is 19.7 Å². The minimum absolute atomic E-state index is 0.0440. The van der Waals surface area contributed by atoms with E-state index in [1.165, 1.54) is 18.2 Å². The number of hydrogen-bond donors (Lipinski definition) is 5. The first kappa shape index (κ1) is 30.4. The summed E-state index contributed by atoms with van der Waals surface area (Å²) in [6, 6.07) is 17.6. The molecular weight excluding hydrogens is 548 g/mol. The number of benzene rings is 2. The zero-order chi connectivity index (χ0) is 30.6. The van der Waals surface area contributed by atoms with Crippen LogP contribution in [0.25, 0.3) is 11.2 Å². The Kier molecular flexibility index (Phi) is 9.21. The van der Waals surface area contributed by atoms with Crippen molar-refractivity contribution in [1.29, 1.82) is 0 Å². The Hall–Kier alpha value is -4.10. The third kappa shape index (κ3) is 7.28. The van der Waals surface area contributed by atoms with Gasteiger partial charge < -0.3 is 31.3 Å². The lowest BCUT2D eigenvalue weighted by atomic mass is 9.87. The lowest BCUT2D eigenvalue weighted by Gasteiger charge is -2.27. The number of carbonyl (C=O) groups is 1. The van der Waals surface area contributed by atoms with E-state index in [0.29, 0.717) is 43.8 Å². The molecule has 6 N–H and O–H groups in total. The first-order valence-corrected chi connectivity index (χ1v) is 14.5. The van der Waals surface area contributed by atoms with Gasteiger partial charge in [0.2, 0.25) is 0 Å². The van der Waals surface area contributed by atoms with Gasteiger partial charge >= 0.3 is 6.03 Å². The van der Waals surface area contributed by atoms with Crippen LogP contribution in [-0.2, 0) is 16.7 Å². The van der Waals surface area contributed by atoms with Crippen LogP contribution in [0.15, 0.2) is 67.3 Å². The highest BCUT2D eigenvalue weighted by Crippen LogP contribution is 2.32. The Balaban J connectivity index is 1.18. The highest BCUT2D eigenvalue weighted by molar-refractivity contribution is 5.89. The molecule has 0 saturated carbocycles. The van der Waals surface area contributed by atoms with Crippen molar-refractivity contribution in [3.63, 3.8) is 0 Å². The summed E-state index contributed by atoms with van der Waals surface area (Å²) in [7, 11) is 0. The molecule has 1 aliphatic rings. The van der Waals surface area contributed by atoms with Gasteiger partial charge in [-0.3, -0.25) is 9.47 Å². The van der Waals surface area contributed by atoms with Crippen molar-refractivity contribution in [2.24, 2.45) is 0 Å². The van der Waals surface area contributed by atoms with E-state index in [4.69, 9.17) is 10.5 Å². The molecule has 0 spiro atoms. The van der Waals surface area contributed by atoms with Crippen LogP contribution in [0, 0.1) is 0 Å². The van der Waals surface area contributed by atoms with E-state index in [2.05, 4.69) is 51.3 Å². The van der Waals surface area contributed by atoms with E-state index in [9.17, 15) is 15.0 Å². The Morgan fingerprint density at radius 1 is 1.05 bits per heavy atom. The van der Waals surface area contributed by atoms with Crippen molar-refractivity contribution in [3.8, 4) is 0 Å². The second kappa shape index (κ2) is 13.0. The van der Waals surface area contributed by atoms with Crippen molar-refractivity contribution in [2.45, 2.75) is 63.7 Å². The molecule has 3 heterocycles. The van der Waals surface area contributed by atoms with Crippen LogP contribution in [0.4, 0.5) is 16.3 Å². The number of imidazole rings is 1. The molecule has 0 bridgehead atoms. The summed E-state index contributed by atoms with van der Waals surface area (Å²) in [5.41, 5.74) is 9.81. The Morgan fingerprint density at radius 2 is 1.79 bits per heavy atom. The number of aliphatic hydroxyl groups excluding tert-OH is 2. The normalized spacial score (nSPS) is 20.5. The Bertz CT molecular complexity index is 1510. The predicted octanol–water partition coefficient (Wildman–Crippen LogP) is 3.04. The molecular formula is C31H40N8O4. The number of amides is 2. The number of ether oxygens (including phenoxy) is 1. The molecule has 1 aliphatic heterocycles. The van der Waals surface area contributed by atoms with Crippen LogP contribution in [0.3, 0.4) is 0 Å². The number of anilines is 2.